The van der Waals surface area contributed by atoms with Crippen LogP contribution in [0.5, 0.6) is 0 Å². The van der Waals surface area contributed by atoms with Crippen LogP contribution in [0.25, 0.3) is 11.1 Å². The van der Waals surface area contributed by atoms with E-state index in [0.29, 0.717) is 11.5 Å². The van der Waals surface area contributed by atoms with E-state index in [2.05, 4.69) is 10.3 Å². The van der Waals surface area contributed by atoms with Crippen molar-refractivity contribution >= 4 is 22.7 Å². The highest BCUT2D eigenvalue weighted by molar-refractivity contribution is 5.92. The van der Waals surface area contributed by atoms with Gasteiger partial charge in [0.05, 0.1) is 0 Å². The van der Waals surface area contributed by atoms with Gasteiger partial charge in [0.15, 0.2) is 5.58 Å². The van der Waals surface area contributed by atoms with E-state index in [9.17, 15) is 4.79 Å². The molecule has 94 valence electrons. The number of fused-ring (bicyclic) bond motifs is 1. The second kappa shape index (κ2) is 4.94. The Morgan fingerprint density at radius 2 is 1.79 bits per heavy atom. The Balaban J connectivity index is 1.72. The molecule has 1 aromatic heterocycles. The number of anilines is 1. The Bertz CT molecular complexity index is 671. The van der Waals surface area contributed by atoms with Crippen molar-refractivity contribution in [1.82, 2.24) is 4.98 Å². The minimum Gasteiger partial charge on any atom is -0.440 e. The third-order valence-electron chi connectivity index (χ3n) is 2.71. The lowest BCUT2D eigenvalue weighted by atomic mass is 10.3. The first-order chi connectivity index (χ1) is 9.31. The van der Waals surface area contributed by atoms with E-state index in [1.807, 2.05) is 54.6 Å². The molecule has 0 aliphatic carbocycles. The van der Waals surface area contributed by atoms with E-state index in [4.69, 9.17) is 4.42 Å². The molecule has 0 unspecified atom stereocenters. The van der Waals surface area contributed by atoms with Gasteiger partial charge in [-0.2, -0.15) is 0 Å². The van der Waals surface area contributed by atoms with E-state index in [0.717, 1.165) is 11.2 Å². The van der Waals surface area contributed by atoms with Gasteiger partial charge in [-0.3, -0.25) is 4.79 Å². The Morgan fingerprint density at radius 1 is 1.05 bits per heavy atom. The zero-order valence-electron chi connectivity index (χ0n) is 10.2. The first-order valence-corrected chi connectivity index (χ1v) is 6.00. The van der Waals surface area contributed by atoms with Gasteiger partial charge in [0.1, 0.15) is 11.9 Å². The largest absolute Gasteiger partial charge is 0.440 e. The average molecular weight is 252 g/mol. The summed E-state index contributed by atoms with van der Waals surface area (Å²) in [5.41, 5.74) is 2.23. The first kappa shape index (κ1) is 11.5. The van der Waals surface area contributed by atoms with Crippen molar-refractivity contribution in [2.45, 2.75) is 6.42 Å². The van der Waals surface area contributed by atoms with Crippen LogP contribution < -0.4 is 5.32 Å². The van der Waals surface area contributed by atoms with Crippen LogP contribution in [-0.2, 0) is 11.2 Å². The maximum Gasteiger partial charge on any atom is 0.233 e. The lowest BCUT2D eigenvalue weighted by Gasteiger charge is -2.02. The molecule has 0 saturated heterocycles. The number of para-hydroxylation sites is 3. The topological polar surface area (TPSA) is 55.1 Å². The summed E-state index contributed by atoms with van der Waals surface area (Å²) < 4.78 is 5.50. The van der Waals surface area contributed by atoms with E-state index in [1.165, 1.54) is 0 Å². The van der Waals surface area contributed by atoms with Crippen LogP contribution in [0.3, 0.4) is 0 Å². The molecule has 0 bridgehead atoms. The number of carbonyl (C=O) groups is 1. The second-order valence-corrected chi connectivity index (χ2v) is 4.17. The molecule has 2 aromatic carbocycles. The van der Waals surface area contributed by atoms with Gasteiger partial charge >= 0.3 is 0 Å². The fraction of sp³-hybridized carbons (Fsp3) is 0.0667. The van der Waals surface area contributed by atoms with Gasteiger partial charge in [-0.05, 0) is 24.3 Å². The number of nitrogens with zero attached hydrogens (tertiary/aromatic N) is 1. The number of carbonyl (C=O) groups excluding carboxylic acids is 1. The van der Waals surface area contributed by atoms with E-state index >= 15 is 0 Å². The van der Waals surface area contributed by atoms with Crippen LogP contribution in [0.1, 0.15) is 5.89 Å². The maximum atomic E-state index is 11.8. The van der Waals surface area contributed by atoms with Crippen molar-refractivity contribution in [1.29, 1.82) is 0 Å². The van der Waals surface area contributed by atoms with Crippen LogP contribution >= 0.6 is 0 Å². The zero-order valence-corrected chi connectivity index (χ0v) is 10.2. The second-order valence-electron chi connectivity index (χ2n) is 4.17. The van der Waals surface area contributed by atoms with Crippen molar-refractivity contribution in [3.8, 4) is 0 Å². The van der Waals surface area contributed by atoms with Crippen LogP contribution in [0, 0.1) is 0 Å². The molecule has 1 N–H and O–H groups in total. The molecule has 0 aliphatic heterocycles. The SMILES string of the molecule is O=C(Cc1nc2ccccc2o1)Nc1ccccc1. The van der Waals surface area contributed by atoms with Gasteiger partial charge in [-0.25, -0.2) is 4.98 Å². The molecule has 3 aromatic rings. The standard InChI is InChI=1S/C15H12N2O2/c18-14(16-11-6-2-1-3-7-11)10-15-17-12-8-4-5-9-13(12)19-15/h1-9H,10H2,(H,16,18). The van der Waals surface area contributed by atoms with E-state index < -0.39 is 0 Å². The lowest BCUT2D eigenvalue weighted by molar-refractivity contribution is -0.115. The number of hydrogen-bond acceptors (Lipinski definition) is 3. The van der Waals surface area contributed by atoms with E-state index in [1.54, 1.807) is 0 Å². The van der Waals surface area contributed by atoms with Gasteiger partial charge in [0.25, 0.3) is 0 Å². The number of rotatable bonds is 3. The summed E-state index contributed by atoms with van der Waals surface area (Å²) in [6, 6.07) is 16.8. The van der Waals surface area contributed by atoms with Crippen molar-refractivity contribution in [3.05, 3.63) is 60.5 Å². The van der Waals surface area contributed by atoms with Crippen molar-refractivity contribution < 1.29 is 9.21 Å². The first-order valence-electron chi connectivity index (χ1n) is 6.00. The van der Waals surface area contributed by atoms with Crippen molar-refractivity contribution in [3.63, 3.8) is 0 Å². The summed E-state index contributed by atoms with van der Waals surface area (Å²) in [5, 5.41) is 2.80. The molecule has 0 atom stereocenters. The highest BCUT2D eigenvalue weighted by Crippen LogP contribution is 2.15. The molecule has 0 spiro atoms. The normalized spacial score (nSPS) is 10.5. The van der Waals surface area contributed by atoms with E-state index in [-0.39, 0.29) is 12.3 Å². The summed E-state index contributed by atoms with van der Waals surface area (Å²) in [4.78, 5) is 16.1. The fourth-order valence-electron chi connectivity index (χ4n) is 1.86. The minimum absolute atomic E-state index is 0.129. The monoisotopic (exact) mass is 252 g/mol. The van der Waals surface area contributed by atoms with Gasteiger partial charge in [0, 0.05) is 5.69 Å². The molecule has 3 rings (SSSR count). The van der Waals surface area contributed by atoms with Gasteiger partial charge < -0.3 is 9.73 Å². The van der Waals surface area contributed by atoms with Crippen molar-refractivity contribution in [2.24, 2.45) is 0 Å². The summed E-state index contributed by atoms with van der Waals surface area (Å²) >= 11 is 0. The number of aromatic nitrogens is 1. The summed E-state index contributed by atoms with van der Waals surface area (Å²) in [5.74, 6) is 0.285. The molecule has 0 saturated carbocycles. The average Bonchev–Trinajstić information content (AvgIpc) is 2.81. The Hall–Kier alpha value is -2.62. The predicted octanol–water partition coefficient (Wildman–Crippen LogP) is 3.01. The highest BCUT2D eigenvalue weighted by atomic mass is 16.3. The summed E-state index contributed by atoms with van der Waals surface area (Å²) in [6.07, 6.45) is 0.129. The fourth-order valence-corrected chi connectivity index (χ4v) is 1.86. The number of oxazole rings is 1. The molecular weight excluding hydrogens is 240 g/mol. The molecular formula is C15H12N2O2. The van der Waals surface area contributed by atoms with Gasteiger partial charge in [-0.15, -0.1) is 0 Å². The number of nitrogens with one attached hydrogen (secondary N) is 1. The molecule has 0 radical (unpaired) electrons. The molecule has 0 fully saturated rings. The smallest absolute Gasteiger partial charge is 0.233 e. The van der Waals surface area contributed by atoms with Crippen molar-refractivity contribution in [2.75, 3.05) is 5.32 Å². The Kier molecular flexibility index (Phi) is 2.98. The predicted molar refractivity (Wildman–Crippen MR) is 72.8 cm³/mol. The Morgan fingerprint density at radius 3 is 2.58 bits per heavy atom. The number of amides is 1. The molecule has 0 aliphatic rings. The molecule has 4 nitrogen and oxygen atoms in total. The maximum absolute atomic E-state index is 11.8. The molecule has 19 heavy (non-hydrogen) atoms. The third-order valence-corrected chi connectivity index (χ3v) is 2.71. The highest BCUT2D eigenvalue weighted by Gasteiger charge is 2.10. The molecule has 1 amide bonds. The number of hydrogen-bond donors (Lipinski definition) is 1. The van der Waals surface area contributed by atoms with Crippen LogP contribution in [0.15, 0.2) is 59.0 Å². The minimum atomic E-state index is -0.141. The van der Waals surface area contributed by atoms with Crippen LogP contribution in [-0.4, -0.2) is 10.9 Å². The van der Waals surface area contributed by atoms with Gasteiger partial charge in [0.2, 0.25) is 11.8 Å². The molecule has 4 heteroatoms. The third kappa shape index (κ3) is 2.63. The number of benzene rings is 2. The lowest BCUT2D eigenvalue weighted by Crippen LogP contribution is -2.14. The van der Waals surface area contributed by atoms with Gasteiger partial charge in [-0.1, -0.05) is 30.3 Å². The van der Waals surface area contributed by atoms with Crippen LogP contribution in [0.2, 0.25) is 0 Å². The Labute approximate surface area is 110 Å². The summed E-state index contributed by atoms with van der Waals surface area (Å²) in [6.45, 7) is 0. The summed E-state index contributed by atoms with van der Waals surface area (Å²) in [7, 11) is 0. The van der Waals surface area contributed by atoms with Crippen LogP contribution in [0.4, 0.5) is 5.69 Å². The molecule has 1 heterocycles. The quantitative estimate of drug-likeness (QED) is 0.779. The zero-order chi connectivity index (χ0) is 13.1.